The van der Waals surface area contributed by atoms with E-state index in [4.69, 9.17) is 5.11 Å². The summed E-state index contributed by atoms with van der Waals surface area (Å²) >= 11 is 0. The fourth-order valence-corrected chi connectivity index (χ4v) is 2.64. The minimum absolute atomic E-state index is 0.186. The molecule has 0 bridgehead atoms. The SMILES string of the molecule is Cc1ccccc1-c1ccc2cn(C(C)CCO)nc2c1. The van der Waals surface area contributed by atoms with E-state index in [0.717, 1.165) is 17.3 Å². The summed E-state index contributed by atoms with van der Waals surface area (Å²) in [5.74, 6) is 0. The van der Waals surface area contributed by atoms with E-state index in [1.807, 2.05) is 4.68 Å². The van der Waals surface area contributed by atoms with Gasteiger partial charge in [-0.15, -0.1) is 0 Å². The van der Waals surface area contributed by atoms with E-state index >= 15 is 0 Å². The van der Waals surface area contributed by atoms with Gasteiger partial charge in [-0.25, -0.2) is 0 Å². The maximum Gasteiger partial charge on any atom is 0.0929 e. The number of aliphatic hydroxyl groups excluding tert-OH is 1. The standard InChI is InChI=1S/C18H20N2O/c1-13-5-3-4-6-17(13)15-7-8-16-12-20(14(2)9-10-21)19-18(16)11-15/h3-8,11-12,14,21H,9-10H2,1-2H3. The lowest BCUT2D eigenvalue weighted by Gasteiger charge is -2.09. The predicted molar refractivity (Wildman–Crippen MR) is 86.3 cm³/mol. The third-order valence-electron chi connectivity index (χ3n) is 3.98. The van der Waals surface area contributed by atoms with Crippen molar-refractivity contribution in [3.63, 3.8) is 0 Å². The van der Waals surface area contributed by atoms with Crippen molar-refractivity contribution in [2.45, 2.75) is 26.3 Å². The van der Waals surface area contributed by atoms with Crippen molar-refractivity contribution in [1.29, 1.82) is 0 Å². The second-order valence-corrected chi connectivity index (χ2v) is 5.56. The monoisotopic (exact) mass is 280 g/mol. The van der Waals surface area contributed by atoms with Crippen LogP contribution < -0.4 is 0 Å². The average molecular weight is 280 g/mol. The third-order valence-corrected chi connectivity index (χ3v) is 3.98. The quantitative estimate of drug-likeness (QED) is 0.785. The van der Waals surface area contributed by atoms with Gasteiger partial charge in [0, 0.05) is 18.2 Å². The van der Waals surface area contributed by atoms with Gasteiger partial charge in [0.05, 0.1) is 11.6 Å². The Labute approximate surface area is 124 Å². The Hall–Kier alpha value is -2.13. The van der Waals surface area contributed by atoms with Gasteiger partial charge < -0.3 is 5.11 Å². The zero-order valence-corrected chi connectivity index (χ0v) is 12.5. The Morgan fingerprint density at radius 3 is 2.76 bits per heavy atom. The summed E-state index contributed by atoms with van der Waals surface area (Å²) in [6, 6.07) is 15.0. The summed E-state index contributed by atoms with van der Waals surface area (Å²) in [7, 11) is 0. The van der Waals surface area contributed by atoms with Crippen LogP contribution in [0.25, 0.3) is 22.0 Å². The van der Waals surface area contributed by atoms with Crippen LogP contribution in [0.2, 0.25) is 0 Å². The fourth-order valence-electron chi connectivity index (χ4n) is 2.64. The zero-order chi connectivity index (χ0) is 14.8. The highest BCUT2D eigenvalue weighted by Gasteiger charge is 2.09. The summed E-state index contributed by atoms with van der Waals surface area (Å²) < 4.78 is 1.95. The molecule has 2 aromatic carbocycles. The van der Waals surface area contributed by atoms with Crippen LogP contribution in [-0.2, 0) is 0 Å². The Morgan fingerprint density at radius 2 is 2.00 bits per heavy atom. The van der Waals surface area contributed by atoms with Crippen LogP contribution in [0.1, 0.15) is 24.9 Å². The van der Waals surface area contributed by atoms with E-state index in [0.29, 0.717) is 0 Å². The second kappa shape index (κ2) is 5.70. The van der Waals surface area contributed by atoms with Crippen molar-refractivity contribution in [2.75, 3.05) is 6.61 Å². The van der Waals surface area contributed by atoms with Gasteiger partial charge in [0.25, 0.3) is 0 Å². The van der Waals surface area contributed by atoms with Gasteiger partial charge in [-0.1, -0.05) is 36.4 Å². The highest BCUT2D eigenvalue weighted by molar-refractivity contribution is 5.84. The molecule has 0 fully saturated rings. The number of fused-ring (bicyclic) bond motifs is 1. The number of aryl methyl sites for hydroxylation is 1. The molecule has 1 unspecified atom stereocenters. The molecule has 21 heavy (non-hydrogen) atoms. The number of benzene rings is 2. The van der Waals surface area contributed by atoms with Gasteiger partial charge in [-0.05, 0) is 43.0 Å². The molecule has 1 heterocycles. The number of nitrogens with zero attached hydrogens (tertiary/aromatic N) is 2. The van der Waals surface area contributed by atoms with E-state index < -0.39 is 0 Å². The molecule has 0 saturated carbocycles. The number of hydrogen-bond donors (Lipinski definition) is 1. The molecule has 3 nitrogen and oxygen atoms in total. The van der Waals surface area contributed by atoms with E-state index in [2.05, 4.69) is 67.6 Å². The normalized spacial score (nSPS) is 12.7. The van der Waals surface area contributed by atoms with Crippen molar-refractivity contribution in [3.8, 4) is 11.1 Å². The molecule has 0 amide bonds. The van der Waals surface area contributed by atoms with Crippen LogP contribution in [0.5, 0.6) is 0 Å². The summed E-state index contributed by atoms with van der Waals surface area (Å²) in [4.78, 5) is 0. The van der Waals surface area contributed by atoms with E-state index in [1.54, 1.807) is 0 Å². The Bertz CT molecular complexity index is 761. The van der Waals surface area contributed by atoms with Crippen molar-refractivity contribution in [3.05, 3.63) is 54.2 Å². The third kappa shape index (κ3) is 2.69. The first-order valence-electron chi connectivity index (χ1n) is 7.35. The Morgan fingerprint density at radius 1 is 1.19 bits per heavy atom. The molecular formula is C18H20N2O. The minimum Gasteiger partial charge on any atom is -0.396 e. The molecule has 0 aliphatic carbocycles. The van der Waals surface area contributed by atoms with Gasteiger partial charge in [0.15, 0.2) is 0 Å². The molecule has 3 aromatic rings. The fraction of sp³-hybridized carbons (Fsp3) is 0.278. The number of rotatable bonds is 4. The molecule has 3 rings (SSSR count). The first-order chi connectivity index (χ1) is 10.2. The van der Waals surface area contributed by atoms with Gasteiger partial charge in [-0.2, -0.15) is 5.10 Å². The minimum atomic E-state index is 0.186. The molecule has 0 aliphatic heterocycles. The van der Waals surface area contributed by atoms with Crippen LogP contribution in [0.4, 0.5) is 0 Å². The maximum atomic E-state index is 9.06. The highest BCUT2D eigenvalue weighted by atomic mass is 16.3. The summed E-state index contributed by atoms with van der Waals surface area (Å²) in [6.07, 6.45) is 2.77. The molecule has 0 spiro atoms. The molecule has 3 heteroatoms. The van der Waals surface area contributed by atoms with Crippen LogP contribution in [0.3, 0.4) is 0 Å². The predicted octanol–water partition coefficient (Wildman–Crippen LogP) is 3.96. The lowest BCUT2D eigenvalue weighted by atomic mass is 10.00. The average Bonchev–Trinajstić information content (AvgIpc) is 2.91. The lowest BCUT2D eigenvalue weighted by molar-refractivity contribution is 0.258. The second-order valence-electron chi connectivity index (χ2n) is 5.56. The first kappa shape index (κ1) is 13.8. The molecule has 0 aliphatic rings. The van der Waals surface area contributed by atoms with Crippen molar-refractivity contribution in [1.82, 2.24) is 9.78 Å². The Balaban J connectivity index is 2.02. The smallest absolute Gasteiger partial charge is 0.0929 e. The van der Waals surface area contributed by atoms with Crippen LogP contribution in [0, 0.1) is 6.92 Å². The van der Waals surface area contributed by atoms with E-state index in [9.17, 15) is 0 Å². The van der Waals surface area contributed by atoms with Crippen LogP contribution in [0.15, 0.2) is 48.7 Å². The van der Waals surface area contributed by atoms with Crippen molar-refractivity contribution >= 4 is 10.9 Å². The molecule has 1 N–H and O–H groups in total. The molecule has 108 valence electrons. The van der Waals surface area contributed by atoms with Crippen LogP contribution in [-0.4, -0.2) is 21.5 Å². The van der Waals surface area contributed by atoms with Gasteiger partial charge >= 0.3 is 0 Å². The number of aliphatic hydroxyl groups is 1. The van der Waals surface area contributed by atoms with Gasteiger partial charge in [0.1, 0.15) is 0 Å². The lowest BCUT2D eigenvalue weighted by Crippen LogP contribution is -2.07. The summed E-state index contributed by atoms with van der Waals surface area (Å²) in [6.45, 7) is 4.39. The number of hydrogen-bond acceptors (Lipinski definition) is 2. The topological polar surface area (TPSA) is 38.0 Å². The highest BCUT2D eigenvalue weighted by Crippen LogP contribution is 2.27. The van der Waals surface area contributed by atoms with Gasteiger partial charge in [0.2, 0.25) is 0 Å². The summed E-state index contributed by atoms with van der Waals surface area (Å²) in [5.41, 5.74) is 4.71. The first-order valence-corrected chi connectivity index (χ1v) is 7.35. The maximum absolute atomic E-state index is 9.06. The van der Waals surface area contributed by atoms with Crippen molar-refractivity contribution < 1.29 is 5.11 Å². The molecule has 1 aromatic heterocycles. The van der Waals surface area contributed by atoms with Crippen LogP contribution >= 0.6 is 0 Å². The van der Waals surface area contributed by atoms with Gasteiger partial charge in [-0.3, -0.25) is 4.68 Å². The van der Waals surface area contributed by atoms with E-state index in [-0.39, 0.29) is 12.6 Å². The molecule has 0 saturated heterocycles. The molecule has 1 atom stereocenters. The molecule has 0 radical (unpaired) electrons. The summed E-state index contributed by atoms with van der Waals surface area (Å²) in [5, 5.41) is 14.8. The molecular weight excluding hydrogens is 260 g/mol. The van der Waals surface area contributed by atoms with E-state index in [1.165, 1.54) is 16.7 Å². The largest absolute Gasteiger partial charge is 0.396 e. The number of aromatic nitrogens is 2. The van der Waals surface area contributed by atoms with Crippen molar-refractivity contribution in [2.24, 2.45) is 0 Å². The zero-order valence-electron chi connectivity index (χ0n) is 12.5. The Kier molecular flexibility index (Phi) is 3.76.